The normalized spacial score (nSPS) is 11.1. The largest absolute Gasteiger partial charge is 0.399 e. The summed E-state index contributed by atoms with van der Waals surface area (Å²) in [5.74, 6) is 1.12. The molecule has 2 aromatic rings. The van der Waals surface area contributed by atoms with E-state index in [2.05, 4.69) is 15.0 Å². The lowest BCUT2D eigenvalue weighted by molar-refractivity contribution is 0.392. The average molecular weight is 267 g/mol. The molecule has 0 spiro atoms. The van der Waals surface area contributed by atoms with E-state index in [0.29, 0.717) is 22.4 Å². The first kappa shape index (κ1) is 12.9. The predicted octanol–water partition coefficient (Wildman–Crippen LogP) is 2.08. The van der Waals surface area contributed by atoms with Crippen LogP contribution in [0.2, 0.25) is 5.02 Å². The summed E-state index contributed by atoms with van der Waals surface area (Å²) in [6.45, 7) is 0.872. The first-order valence-electron chi connectivity index (χ1n) is 5.58. The third-order valence-corrected chi connectivity index (χ3v) is 2.64. The molecule has 1 aromatic heterocycles. The van der Waals surface area contributed by atoms with Gasteiger partial charge in [-0.05, 0) is 32.3 Å². The number of anilines is 1. The topological polar surface area (TPSA) is 68.2 Å². The minimum atomic E-state index is 0.443. The lowest BCUT2D eigenvalue weighted by Gasteiger charge is -2.05. The zero-order chi connectivity index (χ0) is 13.1. The Morgan fingerprint density at radius 3 is 2.78 bits per heavy atom. The summed E-state index contributed by atoms with van der Waals surface area (Å²) in [5.41, 5.74) is 7.04. The van der Waals surface area contributed by atoms with Gasteiger partial charge in [0.2, 0.25) is 0 Å². The molecule has 0 fully saturated rings. The van der Waals surface area contributed by atoms with Crippen LogP contribution in [0.5, 0.6) is 0 Å². The van der Waals surface area contributed by atoms with Gasteiger partial charge in [0.15, 0.2) is 5.82 Å². The number of nitrogens with zero attached hydrogens (tertiary/aromatic N) is 3. The predicted molar refractivity (Wildman–Crippen MR) is 71.4 cm³/mol. The summed E-state index contributed by atoms with van der Waals surface area (Å²) >= 11 is 5.93. The van der Waals surface area contributed by atoms with Gasteiger partial charge in [-0.25, -0.2) is 0 Å². The van der Waals surface area contributed by atoms with Crippen molar-refractivity contribution < 1.29 is 4.52 Å². The maximum absolute atomic E-state index is 5.93. The van der Waals surface area contributed by atoms with Gasteiger partial charge in [-0.3, -0.25) is 0 Å². The number of hydrogen-bond donors (Lipinski definition) is 1. The van der Waals surface area contributed by atoms with Crippen molar-refractivity contribution in [3.8, 4) is 11.5 Å². The second-order valence-electron chi connectivity index (χ2n) is 4.34. The summed E-state index contributed by atoms with van der Waals surface area (Å²) < 4.78 is 5.20. The van der Waals surface area contributed by atoms with Gasteiger partial charge in [-0.15, -0.1) is 0 Å². The second-order valence-corrected chi connectivity index (χ2v) is 4.78. The van der Waals surface area contributed by atoms with Crippen molar-refractivity contribution >= 4 is 17.3 Å². The van der Waals surface area contributed by atoms with Crippen molar-refractivity contribution in [2.75, 3.05) is 26.4 Å². The molecule has 0 radical (unpaired) electrons. The maximum atomic E-state index is 5.93. The SMILES string of the molecule is CN(C)CCc1noc(-c2cc(N)cc(Cl)c2)n1. The maximum Gasteiger partial charge on any atom is 0.258 e. The van der Waals surface area contributed by atoms with E-state index in [9.17, 15) is 0 Å². The van der Waals surface area contributed by atoms with Crippen LogP contribution in [0.15, 0.2) is 22.7 Å². The Morgan fingerprint density at radius 1 is 1.33 bits per heavy atom. The summed E-state index contributed by atoms with van der Waals surface area (Å²) in [6.07, 6.45) is 0.743. The Bertz CT molecular complexity index is 518. The van der Waals surface area contributed by atoms with E-state index in [1.54, 1.807) is 18.2 Å². The third kappa shape index (κ3) is 3.21. The molecule has 0 aliphatic heterocycles. The molecule has 5 nitrogen and oxygen atoms in total. The molecular formula is C12H15ClN4O. The van der Waals surface area contributed by atoms with E-state index < -0.39 is 0 Å². The highest BCUT2D eigenvalue weighted by Gasteiger charge is 2.10. The highest BCUT2D eigenvalue weighted by atomic mass is 35.5. The molecule has 2 N–H and O–H groups in total. The zero-order valence-electron chi connectivity index (χ0n) is 10.4. The number of likely N-dealkylation sites (N-methyl/N-ethyl adjacent to an activating group) is 1. The molecule has 1 heterocycles. The summed E-state index contributed by atoms with van der Waals surface area (Å²) in [6, 6.07) is 5.19. The number of halogens is 1. The molecule has 18 heavy (non-hydrogen) atoms. The van der Waals surface area contributed by atoms with Crippen LogP contribution >= 0.6 is 11.6 Å². The molecule has 0 saturated heterocycles. The smallest absolute Gasteiger partial charge is 0.258 e. The summed E-state index contributed by atoms with van der Waals surface area (Å²) in [7, 11) is 4.00. The van der Waals surface area contributed by atoms with Gasteiger partial charge in [-0.1, -0.05) is 16.8 Å². The Morgan fingerprint density at radius 2 is 2.11 bits per heavy atom. The minimum Gasteiger partial charge on any atom is -0.399 e. The fourth-order valence-electron chi connectivity index (χ4n) is 1.53. The van der Waals surface area contributed by atoms with Crippen molar-refractivity contribution in [3.05, 3.63) is 29.0 Å². The molecule has 2 rings (SSSR count). The molecule has 0 amide bonds. The fraction of sp³-hybridized carbons (Fsp3) is 0.333. The molecule has 0 unspecified atom stereocenters. The molecule has 6 heteroatoms. The van der Waals surface area contributed by atoms with Crippen molar-refractivity contribution in [2.45, 2.75) is 6.42 Å². The number of hydrogen-bond acceptors (Lipinski definition) is 5. The Labute approximate surface area is 111 Å². The molecule has 0 aliphatic carbocycles. The van der Waals surface area contributed by atoms with Gasteiger partial charge < -0.3 is 15.2 Å². The highest BCUT2D eigenvalue weighted by molar-refractivity contribution is 6.31. The summed E-state index contributed by atoms with van der Waals surface area (Å²) in [4.78, 5) is 6.38. The lowest BCUT2D eigenvalue weighted by Crippen LogP contribution is -2.15. The Hall–Kier alpha value is -1.59. The molecule has 0 bridgehead atoms. The second kappa shape index (κ2) is 5.37. The van der Waals surface area contributed by atoms with Crippen molar-refractivity contribution in [1.82, 2.24) is 15.0 Å². The Balaban J connectivity index is 2.18. The molecule has 0 aliphatic rings. The van der Waals surface area contributed by atoms with Gasteiger partial charge in [-0.2, -0.15) is 4.98 Å². The van der Waals surface area contributed by atoms with E-state index in [0.717, 1.165) is 18.5 Å². The van der Waals surface area contributed by atoms with E-state index in [-0.39, 0.29) is 0 Å². The van der Waals surface area contributed by atoms with Crippen LogP contribution in [0.25, 0.3) is 11.5 Å². The standard InChI is InChI=1S/C12H15ClN4O/c1-17(2)4-3-11-15-12(18-16-11)8-5-9(13)7-10(14)6-8/h5-7H,3-4,14H2,1-2H3. The van der Waals surface area contributed by atoms with Crippen LogP contribution in [0.1, 0.15) is 5.82 Å². The fourth-order valence-corrected chi connectivity index (χ4v) is 1.78. The van der Waals surface area contributed by atoms with Gasteiger partial charge in [0.25, 0.3) is 5.89 Å². The number of nitrogens with two attached hydrogens (primary N) is 1. The first-order valence-corrected chi connectivity index (χ1v) is 5.96. The van der Waals surface area contributed by atoms with Gasteiger partial charge in [0.1, 0.15) is 0 Å². The van der Waals surface area contributed by atoms with Gasteiger partial charge in [0, 0.05) is 29.2 Å². The van der Waals surface area contributed by atoms with E-state index in [4.69, 9.17) is 21.9 Å². The monoisotopic (exact) mass is 266 g/mol. The number of benzene rings is 1. The highest BCUT2D eigenvalue weighted by Crippen LogP contribution is 2.24. The molecule has 96 valence electrons. The molecular weight excluding hydrogens is 252 g/mol. The quantitative estimate of drug-likeness (QED) is 0.858. The van der Waals surface area contributed by atoms with Crippen LogP contribution in [-0.4, -0.2) is 35.7 Å². The third-order valence-electron chi connectivity index (χ3n) is 2.42. The number of rotatable bonds is 4. The van der Waals surface area contributed by atoms with Crippen molar-refractivity contribution in [2.24, 2.45) is 0 Å². The van der Waals surface area contributed by atoms with Gasteiger partial charge in [0.05, 0.1) is 0 Å². The minimum absolute atomic E-state index is 0.443. The van der Waals surface area contributed by atoms with Crippen LogP contribution in [0.3, 0.4) is 0 Å². The Kier molecular flexibility index (Phi) is 3.84. The average Bonchev–Trinajstić information content (AvgIpc) is 2.73. The zero-order valence-corrected chi connectivity index (χ0v) is 11.1. The van der Waals surface area contributed by atoms with Crippen molar-refractivity contribution in [1.29, 1.82) is 0 Å². The lowest BCUT2D eigenvalue weighted by atomic mass is 10.2. The first-order chi connectivity index (χ1) is 8.54. The molecule has 1 aromatic carbocycles. The van der Waals surface area contributed by atoms with E-state index >= 15 is 0 Å². The van der Waals surface area contributed by atoms with Gasteiger partial charge >= 0.3 is 0 Å². The molecule has 0 saturated carbocycles. The van der Waals surface area contributed by atoms with E-state index in [1.807, 2.05) is 14.1 Å². The van der Waals surface area contributed by atoms with Crippen molar-refractivity contribution in [3.63, 3.8) is 0 Å². The van der Waals surface area contributed by atoms with Crippen LogP contribution < -0.4 is 5.73 Å². The summed E-state index contributed by atoms with van der Waals surface area (Å²) in [5, 5.41) is 4.48. The number of aromatic nitrogens is 2. The van der Waals surface area contributed by atoms with Crippen LogP contribution in [-0.2, 0) is 6.42 Å². The van der Waals surface area contributed by atoms with Crippen LogP contribution in [0.4, 0.5) is 5.69 Å². The van der Waals surface area contributed by atoms with E-state index in [1.165, 1.54) is 0 Å². The van der Waals surface area contributed by atoms with Crippen LogP contribution in [0, 0.1) is 0 Å². The molecule has 0 atom stereocenters. The number of nitrogen functional groups attached to an aromatic ring is 1.